The number of unbranched alkanes of at least 4 members (excludes halogenated alkanes) is 1. The first-order valence-corrected chi connectivity index (χ1v) is 13.0. The molecule has 0 spiro atoms. The van der Waals surface area contributed by atoms with Gasteiger partial charge in [0.2, 0.25) is 0 Å². The van der Waals surface area contributed by atoms with E-state index in [1.807, 2.05) is 19.2 Å². The molecule has 2 aromatic heterocycles. The van der Waals surface area contributed by atoms with Gasteiger partial charge >= 0.3 is 5.97 Å². The number of imidazole rings is 1. The molecule has 188 valence electrons. The van der Waals surface area contributed by atoms with Crippen LogP contribution in [0.1, 0.15) is 59.9 Å². The van der Waals surface area contributed by atoms with Crippen molar-refractivity contribution in [2.75, 3.05) is 32.6 Å². The number of likely N-dealkylation sites (tertiary alicyclic amines) is 1. The normalized spacial score (nSPS) is 14.1. The van der Waals surface area contributed by atoms with Gasteiger partial charge in [0.15, 0.2) is 5.82 Å². The van der Waals surface area contributed by atoms with Crippen molar-refractivity contribution in [3.8, 4) is 0 Å². The van der Waals surface area contributed by atoms with Crippen LogP contribution in [-0.2, 0) is 24.2 Å². The minimum Gasteiger partial charge on any atom is -0.465 e. The number of methoxy groups -OCH3 is 1. The predicted molar refractivity (Wildman–Crippen MR) is 145 cm³/mol. The fourth-order valence-corrected chi connectivity index (χ4v) is 5.18. The van der Waals surface area contributed by atoms with Crippen molar-refractivity contribution in [1.29, 1.82) is 0 Å². The molecule has 1 fully saturated rings. The van der Waals surface area contributed by atoms with Crippen LogP contribution < -0.4 is 5.32 Å². The number of benzene rings is 2. The number of rotatable bonds is 9. The van der Waals surface area contributed by atoms with Crippen molar-refractivity contribution in [3.05, 3.63) is 65.0 Å². The highest BCUT2D eigenvalue weighted by molar-refractivity contribution is 6.08. The fourth-order valence-electron chi connectivity index (χ4n) is 5.18. The van der Waals surface area contributed by atoms with Gasteiger partial charge in [0, 0.05) is 31.9 Å². The summed E-state index contributed by atoms with van der Waals surface area (Å²) in [6, 6.07) is 14.6. The summed E-state index contributed by atoms with van der Waals surface area (Å²) in [7, 11) is 3.26. The van der Waals surface area contributed by atoms with Crippen molar-refractivity contribution in [2.24, 2.45) is 0 Å². The zero-order valence-electron chi connectivity index (χ0n) is 21.5. The summed E-state index contributed by atoms with van der Waals surface area (Å²) in [4.78, 5) is 24.6. The molecule has 36 heavy (non-hydrogen) atoms. The van der Waals surface area contributed by atoms with Crippen molar-refractivity contribution < 1.29 is 9.53 Å². The highest BCUT2D eigenvalue weighted by Crippen LogP contribution is 2.32. The molecule has 1 aliphatic rings. The first-order chi connectivity index (χ1) is 17.6. The lowest BCUT2D eigenvalue weighted by Gasteiger charge is -2.15. The predicted octanol–water partition coefficient (Wildman–Crippen LogP) is 5.40. The number of aryl methyl sites for hydroxylation is 1. The lowest BCUT2D eigenvalue weighted by Crippen LogP contribution is -2.18. The quantitative estimate of drug-likeness (QED) is 0.320. The Bertz CT molecular complexity index is 1370. The summed E-state index contributed by atoms with van der Waals surface area (Å²) in [5.41, 5.74) is 5.77. The second-order valence-corrected chi connectivity index (χ2v) is 9.65. The summed E-state index contributed by atoms with van der Waals surface area (Å²) in [5.74, 6) is 1.42. The Morgan fingerprint density at radius 3 is 2.42 bits per heavy atom. The van der Waals surface area contributed by atoms with Gasteiger partial charge in [-0.3, -0.25) is 4.90 Å². The molecular weight excluding hydrogens is 450 g/mol. The molecule has 0 aliphatic carbocycles. The number of pyridine rings is 1. The summed E-state index contributed by atoms with van der Waals surface area (Å²) < 4.78 is 7.27. The maximum absolute atomic E-state index is 12.2. The minimum absolute atomic E-state index is 0.365. The van der Waals surface area contributed by atoms with Gasteiger partial charge in [0.05, 0.1) is 23.7 Å². The number of fused-ring (bicyclic) bond motifs is 3. The van der Waals surface area contributed by atoms with Crippen LogP contribution in [0.3, 0.4) is 0 Å². The summed E-state index contributed by atoms with van der Waals surface area (Å²) in [6.07, 6.45) is 5.71. The van der Waals surface area contributed by atoms with E-state index in [9.17, 15) is 4.79 Å². The van der Waals surface area contributed by atoms with Gasteiger partial charge in [-0.2, -0.15) is 0 Å². The first kappa shape index (κ1) is 24.3. The third-order valence-electron chi connectivity index (χ3n) is 7.14. The molecule has 4 aromatic rings. The van der Waals surface area contributed by atoms with E-state index in [1.54, 1.807) is 6.07 Å². The third kappa shape index (κ3) is 4.80. The first-order valence-electron chi connectivity index (χ1n) is 13.0. The van der Waals surface area contributed by atoms with Crippen LogP contribution >= 0.6 is 0 Å². The number of hydrogen-bond donors (Lipinski definition) is 1. The monoisotopic (exact) mass is 485 g/mol. The number of ether oxygens (including phenoxy) is 1. The Morgan fingerprint density at radius 1 is 1.03 bits per heavy atom. The molecule has 0 radical (unpaired) electrons. The zero-order valence-corrected chi connectivity index (χ0v) is 21.5. The highest BCUT2D eigenvalue weighted by atomic mass is 16.5. The Labute approximate surface area is 212 Å². The van der Waals surface area contributed by atoms with E-state index in [0.717, 1.165) is 65.9 Å². The summed E-state index contributed by atoms with van der Waals surface area (Å²) in [6.45, 7) is 6.38. The average Bonchev–Trinajstić information content (AvgIpc) is 3.55. The van der Waals surface area contributed by atoms with E-state index in [-0.39, 0.29) is 5.97 Å². The van der Waals surface area contributed by atoms with E-state index in [1.165, 1.54) is 44.2 Å². The van der Waals surface area contributed by atoms with Crippen LogP contribution in [0, 0.1) is 0 Å². The molecule has 0 unspecified atom stereocenters. The lowest BCUT2D eigenvalue weighted by molar-refractivity contribution is 0.0601. The molecule has 1 saturated heterocycles. The van der Waals surface area contributed by atoms with Crippen LogP contribution in [0.15, 0.2) is 42.5 Å². The van der Waals surface area contributed by atoms with Crippen LogP contribution in [0.4, 0.5) is 5.82 Å². The molecule has 3 heterocycles. The Hall–Kier alpha value is -3.45. The van der Waals surface area contributed by atoms with Crippen LogP contribution in [0.5, 0.6) is 0 Å². The number of anilines is 1. The van der Waals surface area contributed by atoms with E-state index >= 15 is 0 Å². The molecule has 0 saturated carbocycles. The van der Waals surface area contributed by atoms with Crippen molar-refractivity contribution in [3.63, 3.8) is 0 Å². The molecule has 2 aromatic carbocycles. The fraction of sp³-hybridized carbons (Fsp3) is 0.414. The van der Waals surface area contributed by atoms with Crippen molar-refractivity contribution in [1.82, 2.24) is 19.4 Å². The number of aromatic nitrogens is 3. The Kier molecular flexibility index (Phi) is 7.18. The molecule has 1 N–H and O–H groups in total. The van der Waals surface area contributed by atoms with Gasteiger partial charge in [-0.1, -0.05) is 37.6 Å². The number of nitrogens with one attached hydrogen (secondary N) is 1. The van der Waals surface area contributed by atoms with Gasteiger partial charge in [0.1, 0.15) is 11.3 Å². The molecule has 0 bridgehead atoms. The maximum atomic E-state index is 12.2. The molecule has 7 heteroatoms. The highest BCUT2D eigenvalue weighted by Gasteiger charge is 2.20. The molecule has 5 rings (SSSR count). The third-order valence-corrected chi connectivity index (χ3v) is 7.14. The van der Waals surface area contributed by atoms with Crippen LogP contribution in [0.25, 0.3) is 21.9 Å². The van der Waals surface area contributed by atoms with Crippen LogP contribution in [-0.4, -0.2) is 52.7 Å². The van der Waals surface area contributed by atoms with Crippen molar-refractivity contribution in [2.45, 2.75) is 52.1 Å². The number of carbonyl (C=O) groups excluding carboxylic acids is 1. The van der Waals surface area contributed by atoms with Gasteiger partial charge in [-0.25, -0.2) is 14.8 Å². The van der Waals surface area contributed by atoms with Crippen molar-refractivity contribution >= 4 is 33.7 Å². The maximum Gasteiger partial charge on any atom is 0.337 e. The van der Waals surface area contributed by atoms with Gasteiger partial charge in [0.25, 0.3) is 0 Å². The van der Waals surface area contributed by atoms with Gasteiger partial charge in [-0.05, 0) is 61.7 Å². The molecule has 0 atom stereocenters. The lowest BCUT2D eigenvalue weighted by atomic mass is 10.1. The van der Waals surface area contributed by atoms with E-state index in [0.29, 0.717) is 5.56 Å². The Balaban J connectivity index is 1.58. The standard InChI is InChI=1S/C29H35N5O2/c1-4-5-8-25-32-26-27(23-14-13-22(29(35)36-3)17-24(23)31-28(26)30-2)34(25)19-21-11-9-20(10-12-21)18-33-15-6-7-16-33/h9-14,17H,4-8,15-16,18-19H2,1-3H3,(H,30,31). The number of nitrogens with zero attached hydrogens (tertiary/aromatic N) is 4. The molecule has 0 amide bonds. The van der Waals surface area contributed by atoms with Gasteiger partial charge < -0.3 is 14.6 Å². The second-order valence-electron chi connectivity index (χ2n) is 9.65. The number of esters is 1. The Morgan fingerprint density at radius 2 is 1.75 bits per heavy atom. The average molecular weight is 486 g/mol. The van der Waals surface area contributed by atoms with E-state index in [4.69, 9.17) is 14.7 Å². The second kappa shape index (κ2) is 10.7. The minimum atomic E-state index is -0.365. The zero-order chi connectivity index (χ0) is 25.1. The summed E-state index contributed by atoms with van der Waals surface area (Å²) in [5, 5.41) is 4.20. The smallest absolute Gasteiger partial charge is 0.337 e. The number of hydrogen-bond acceptors (Lipinski definition) is 6. The molecule has 7 nitrogen and oxygen atoms in total. The topological polar surface area (TPSA) is 72.3 Å². The molecule has 1 aliphatic heterocycles. The largest absolute Gasteiger partial charge is 0.465 e. The van der Waals surface area contributed by atoms with E-state index < -0.39 is 0 Å². The molecular formula is C29H35N5O2. The summed E-state index contributed by atoms with van der Waals surface area (Å²) >= 11 is 0. The van der Waals surface area contributed by atoms with Gasteiger partial charge in [-0.15, -0.1) is 0 Å². The SMILES string of the molecule is CCCCc1nc2c(NC)nc3cc(C(=O)OC)ccc3c2n1Cc1ccc(CN2CCCC2)cc1. The van der Waals surface area contributed by atoms with E-state index in [2.05, 4.69) is 46.0 Å². The van der Waals surface area contributed by atoms with Crippen LogP contribution in [0.2, 0.25) is 0 Å². The number of carbonyl (C=O) groups is 1.